The highest BCUT2D eigenvalue weighted by molar-refractivity contribution is 7.16. The van der Waals surface area contributed by atoms with Crippen molar-refractivity contribution in [3.8, 4) is 0 Å². The molecule has 3 nitrogen and oxygen atoms in total. The first-order valence-corrected chi connectivity index (χ1v) is 7.48. The van der Waals surface area contributed by atoms with Crippen LogP contribution in [0.2, 0.25) is 4.34 Å². The van der Waals surface area contributed by atoms with Gasteiger partial charge in [-0.2, -0.15) is 0 Å². The molecule has 1 aliphatic rings. The zero-order valence-electron chi connectivity index (χ0n) is 10.5. The second kappa shape index (κ2) is 6.55. The van der Waals surface area contributed by atoms with Gasteiger partial charge >= 0.3 is 5.97 Å². The molecule has 0 aliphatic heterocycles. The van der Waals surface area contributed by atoms with E-state index in [0.717, 1.165) is 30.1 Å². The van der Waals surface area contributed by atoms with Gasteiger partial charge in [-0.15, -0.1) is 11.3 Å². The summed E-state index contributed by atoms with van der Waals surface area (Å²) in [7, 11) is 1.43. The molecule has 18 heavy (non-hydrogen) atoms. The van der Waals surface area contributed by atoms with E-state index in [1.807, 2.05) is 0 Å². The van der Waals surface area contributed by atoms with Crippen molar-refractivity contribution >= 4 is 28.9 Å². The topological polar surface area (TPSA) is 38.3 Å². The van der Waals surface area contributed by atoms with Gasteiger partial charge in [0.25, 0.3) is 0 Å². The molecular formula is C13H18ClNO2S. The highest BCUT2D eigenvalue weighted by atomic mass is 35.5. The normalized spacial score (nSPS) is 18.4. The minimum atomic E-state index is -0.139. The fraction of sp³-hybridized carbons (Fsp3) is 0.615. The maximum Gasteiger partial charge on any atom is 0.305 e. The standard InChI is InChI=1S/C13H18ClNO2S/c1-17-13(16)6-3-7-15-10-4-2-5-11-9(10)8-12(14)18-11/h8,10,15H,2-7H2,1H3. The lowest BCUT2D eigenvalue weighted by Crippen LogP contribution is -2.25. The van der Waals surface area contributed by atoms with E-state index in [1.54, 1.807) is 11.3 Å². The van der Waals surface area contributed by atoms with Crippen LogP contribution in [0.25, 0.3) is 0 Å². The number of carbonyl (C=O) groups excluding carboxylic acids is 1. The first kappa shape index (κ1) is 13.8. The quantitative estimate of drug-likeness (QED) is 0.667. The van der Waals surface area contributed by atoms with Crippen LogP contribution in [0, 0.1) is 0 Å². The van der Waals surface area contributed by atoms with E-state index in [-0.39, 0.29) is 5.97 Å². The Morgan fingerprint density at radius 1 is 1.67 bits per heavy atom. The molecule has 1 N–H and O–H groups in total. The van der Waals surface area contributed by atoms with Crippen LogP contribution in [0.1, 0.15) is 42.2 Å². The van der Waals surface area contributed by atoms with Gasteiger partial charge in [0.15, 0.2) is 0 Å². The van der Waals surface area contributed by atoms with E-state index in [2.05, 4.69) is 16.1 Å². The molecule has 0 amide bonds. The molecule has 0 bridgehead atoms. The van der Waals surface area contributed by atoms with Crippen LogP contribution in [0.3, 0.4) is 0 Å². The van der Waals surface area contributed by atoms with E-state index in [0.29, 0.717) is 12.5 Å². The summed E-state index contributed by atoms with van der Waals surface area (Å²) in [6.07, 6.45) is 4.80. The van der Waals surface area contributed by atoms with E-state index >= 15 is 0 Å². The van der Waals surface area contributed by atoms with Gasteiger partial charge in [0.05, 0.1) is 11.4 Å². The summed E-state index contributed by atoms with van der Waals surface area (Å²) in [5, 5.41) is 3.51. The number of aryl methyl sites for hydroxylation is 1. The number of rotatable bonds is 5. The largest absolute Gasteiger partial charge is 0.469 e. The maximum atomic E-state index is 11.0. The molecule has 1 unspecified atom stereocenters. The van der Waals surface area contributed by atoms with Gasteiger partial charge in [0.2, 0.25) is 0 Å². The summed E-state index contributed by atoms with van der Waals surface area (Å²) in [5.74, 6) is -0.139. The lowest BCUT2D eigenvalue weighted by atomic mass is 9.94. The Bertz CT molecular complexity index is 419. The van der Waals surface area contributed by atoms with E-state index < -0.39 is 0 Å². The molecule has 1 aliphatic carbocycles. The van der Waals surface area contributed by atoms with Gasteiger partial charge in [-0.25, -0.2) is 0 Å². The Morgan fingerprint density at radius 3 is 3.28 bits per heavy atom. The van der Waals surface area contributed by atoms with Crippen molar-refractivity contribution in [3.63, 3.8) is 0 Å². The zero-order chi connectivity index (χ0) is 13.0. The van der Waals surface area contributed by atoms with Crippen LogP contribution in [0.15, 0.2) is 6.07 Å². The first-order chi connectivity index (χ1) is 8.70. The SMILES string of the molecule is COC(=O)CCCNC1CCCc2sc(Cl)cc21. The smallest absolute Gasteiger partial charge is 0.305 e. The van der Waals surface area contributed by atoms with Crippen LogP contribution >= 0.6 is 22.9 Å². The highest BCUT2D eigenvalue weighted by Crippen LogP contribution is 2.37. The summed E-state index contributed by atoms with van der Waals surface area (Å²) in [5.41, 5.74) is 1.36. The van der Waals surface area contributed by atoms with Crippen LogP contribution in [-0.4, -0.2) is 19.6 Å². The molecule has 5 heteroatoms. The lowest BCUT2D eigenvalue weighted by Gasteiger charge is -2.23. The number of methoxy groups -OCH3 is 1. The molecule has 0 aromatic carbocycles. The summed E-state index contributed by atoms with van der Waals surface area (Å²) in [6, 6.07) is 2.48. The molecule has 0 radical (unpaired) electrons. The number of hydrogen-bond donors (Lipinski definition) is 1. The first-order valence-electron chi connectivity index (χ1n) is 6.29. The Hall–Kier alpha value is -0.580. The minimum absolute atomic E-state index is 0.139. The van der Waals surface area contributed by atoms with Crippen molar-refractivity contribution in [2.45, 2.75) is 38.1 Å². The molecule has 1 aromatic heterocycles. The molecule has 0 spiro atoms. The van der Waals surface area contributed by atoms with E-state index in [4.69, 9.17) is 11.6 Å². The molecule has 0 fully saturated rings. The van der Waals surface area contributed by atoms with Gasteiger partial charge in [-0.3, -0.25) is 4.79 Å². The molecule has 1 heterocycles. The third-order valence-electron chi connectivity index (χ3n) is 3.26. The number of hydrogen-bond acceptors (Lipinski definition) is 4. The zero-order valence-corrected chi connectivity index (χ0v) is 12.1. The average Bonchev–Trinajstić information content (AvgIpc) is 2.75. The van der Waals surface area contributed by atoms with E-state index in [1.165, 1.54) is 24.0 Å². The Labute approximate surface area is 116 Å². The van der Waals surface area contributed by atoms with Gasteiger partial charge in [-0.1, -0.05) is 11.6 Å². The summed E-state index contributed by atoms with van der Waals surface area (Å²) in [6.45, 7) is 0.840. The lowest BCUT2D eigenvalue weighted by molar-refractivity contribution is -0.140. The summed E-state index contributed by atoms with van der Waals surface area (Å²) in [4.78, 5) is 12.4. The molecule has 2 rings (SSSR count). The summed E-state index contributed by atoms with van der Waals surface area (Å²) < 4.78 is 5.50. The number of esters is 1. The van der Waals surface area contributed by atoms with Crippen molar-refractivity contribution in [2.24, 2.45) is 0 Å². The van der Waals surface area contributed by atoms with Crippen molar-refractivity contribution in [3.05, 3.63) is 20.8 Å². The molecule has 1 aromatic rings. The highest BCUT2D eigenvalue weighted by Gasteiger charge is 2.22. The predicted octanol–water partition coefficient (Wildman–Crippen LogP) is 3.32. The fourth-order valence-corrected chi connectivity index (χ4v) is 3.73. The second-order valence-electron chi connectivity index (χ2n) is 4.51. The van der Waals surface area contributed by atoms with Crippen molar-refractivity contribution in [1.29, 1.82) is 0 Å². The molecule has 100 valence electrons. The third kappa shape index (κ3) is 3.46. The van der Waals surface area contributed by atoms with Gasteiger partial charge in [0, 0.05) is 17.3 Å². The van der Waals surface area contributed by atoms with Crippen LogP contribution in [0.4, 0.5) is 0 Å². The molecule has 0 saturated heterocycles. The third-order valence-corrected chi connectivity index (χ3v) is 4.60. The van der Waals surface area contributed by atoms with Gasteiger partial charge in [-0.05, 0) is 43.9 Å². The number of fused-ring (bicyclic) bond motifs is 1. The predicted molar refractivity (Wildman–Crippen MR) is 74.3 cm³/mol. The fourth-order valence-electron chi connectivity index (χ4n) is 2.34. The number of halogens is 1. The van der Waals surface area contributed by atoms with Crippen LogP contribution in [0.5, 0.6) is 0 Å². The Balaban J connectivity index is 1.82. The van der Waals surface area contributed by atoms with Crippen molar-refractivity contribution in [1.82, 2.24) is 5.32 Å². The number of thiophene rings is 1. The van der Waals surface area contributed by atoms with Gasteiger partial charge in [0.1, 0.15) is 0 Å². The van der Waals surface area contributed by atoms with Crippen LogP contribution < -0.4 is 5.32 Å². The number of ether oxygens (including phenoxy) is 1. The van der Waals surface area contributed by atoms with E-state index in [9.17, 15) is 4.79 Å². The van der Waals surface area contributed by atoms with Crippen LogP contribution in [-0.2, 0) is 16.0 Å². The van der Waals surface area contributed by atoms with Gasteiger partial charge < -0.3 is 10.1 Å². The maximum absolute atomic E-state index is 11.0. The second-order valence-corrected chi connectivity index (χ2v) is 6.28. The average molecular weight is 288 g/mol. The Kier molecular flexibility index (Phi) is 5.03. The number of nitrogens with one attached hydrogen (secondary N) is 1. The monoisotopic (exact) mass is 287 g/mol. The Morgan fingerprint density at radius 2 is 2.50 bits per heavy atom. The number of carbonyl (C=O) groups is 1. The summed E-state index contributed by atoms with van der Waals surface area (Å²) >= 11 is 7.76. The molecule has 0 saturated carbocycles. The van der Waals surface area contributed by atoms with Crippen molar-refractivity contribution < 1.29 is 9.53 Å². The minimum Gasteiger partial charge on any atom is -0.469 e. The van der Waals surface area contributed by atoms with Crippen molar-refractivity contribution in [2.75, 3.05) is 13.7 Å². The molecular weight excluding hydrogens is 270 g/mol. The molecule has 1 atom stereocenters.